The van der Waals surface area contributed by atoms with Gasteiger partial charge in [-0.1, -0.05) is 76.6 Å². The lowest BCUT2D eigenvalue weighted by Gasteiger charge is -2.30. The van der Waals surface area contributed by atoms with Gasteiger partial charge >= 0.3 is 0 Å². The van der Waals surface area contributed by atoms with Crippen LogP contribution in [0.15, 0.2) is 54.6 Å². The Balaban J connectivity index is 2.09. The topological polar surface area (TPSA) is 374 Å². The molecule has 23 nitrogen and oxygen atoms in total. The molecule has 14 N–H and O–H groups in total. The van der Waals surface area contributed by atoms with Gasteiger partial charge in [0.25, 0.3) is 0 Å². The van der Waals surface area contributed by atoms with Crippen molar-refractivity contribution in [2.75, 3.05) is 31.1 Å². The quantitative estimate of drug-likeness (QED) is 0.0664. The summed E-state index contributed by atoms with van der Waals surface area (Å²) in [5.41, 5.74) is 17.6. The van der Waals surface area contributed by atoms with Crippen molar-refractivity contribution in [1.29, 1.82) is 0 Å². The van der Waals surface area contributed by atoms with E-state index in [2.05, 4.69) is 37.2 Å². The van der Waals surface area contributed by atoms with Crippen LogP contribution in [0.5, 0.6) is 5.75 Å². The van der Waals surface area contributed by atoms with Crippen LogP contribution in [-0.4, -0.2) is 142 Å². The van der Waals surface area contributed by atoms with Gasteiger partial charge in [-0.15, -0.1) is 0 Å². The average molecular weight is 1040 g/mol. The van der Waals surface area contributed by atoms with Crippen LogP contribution in [0, 0.1) is 11.8 Å². The van der Waals surface area contributed by atoms with E-state index in [4.69, 9.17) is 17.2 Å². The van der Waals surface area contributed by atoms with E-state index < -0.39 is 133 Å². The highest BCUT2D eigenvalue weighted by Crippen LogP contribution is 2.16. The number of carbonyl (C=O) groups is 11. The van der Waals surface area contributed by atoms with E-state index in [0.29, 0.717) is 12.0 Å². The monoisotopic (exact) mass is 1040 g/mol. The molecular weight excluding hydrogens is 967 g/mol. The Morgan fingerprint density at radius 2 is 1.41 bits per heavy atom. The zero-order valence-electron chi connectivity index (χ0n) is 41.7. The highest BCUT2D eigenvalue weighted by atomic mass is 32.2. The van der Waals surface area contributed by atoms with E-state index in [1.165, 1.54) is 17.0 Å². The smallest absolute Gasteiger partial charge is 0.246 e. The molecule has 1 heterocycles. The fraction of sp³-hybridized carbons (Fsp3) is 0.531. The van der Waals surface area contributed by atoms with Crippen LogP contribution in [0.2, 0.25) is 0 Å². The minimum atomic E-state index is -1.75. The Morgan fingerprint density at radius 1 is 0.767 bits per heavy atom. The number of primary amides is 3. The summed E-state index contributed by atoms with van der Waals surface area (Å²) >= 11 is 1.15. The van der Waals surface area contributed by atoms with Crippen molar-refractivity contribution in [3.05, 3.63) is 65.7 Å². The maximum atomic E-state index is 14.8. The molecule has 0 aliphatic carbocycles. The number of hydrogen-bond acceptors (Lipinski definition) is 13. The number of phenolic OH excluding ortho intramolecular Hbond substituents is 1. The van der Waals surface area contributed by atoms with Crippen LogP contribution in [0.25, 0.3) is 0 Å². The summed E-state index contributed by atoms with van der Waals surface area (Å²) in [6, 6.07) is 6.50. The van der Waals surface area contributed by atoms with Crippen molar-refractivity contribution < 1.29 is 57.8 Å². The van der Waals surface area contributed by atoms with Crippen molar-refractivity contribution in [2.24, 2.45) is 29.0 Å². The third kappa shape index (κ3) is 22.0. The van der Waals surface area contributed by atoms with E-state index in [-0.39, 0.29) is 68.2 Å². The van der Waals surface area contributed by atoms with Gasteiger partial charge in [0.05, 0.1) is 19.5 Å². The Hall–Kier alpha value is -7.24. The maximum absolute atomic E-state index is 14.8. The molecule has 1 fully saturated rings. The molecule has 3 rings (SSSR count). The Kier molecular flexibility index (Phi) is 25.2. The van der Waals surface area contributed by atoms with Crippen LogP contribution >= 0.6 is 11.8 Å². The first kappa shape index (κ1) is 60.1. The van der Waals surface area contributed by atoms with Gasteiger partial charge in [0.2, 0.25) is 65.0 Å². The van der Waals surface area contributed by atoms with Gasteiger partial charge < -0.3 is 64.4 Å². The van der Waals surface area contributed by atoms with Crippen molar-refractivity contribution in [3.8, 4) is 5.75 Å². The molecule has 2 aromatic carbocycles. The fourth-order valence-electron chi connectivity index (χ4n) is 7.59. The summed E-state index contributed by atoms with van der Waals surface area (Å²) in [6.45, 7) is 5.89. The molecule has 1 aliphatic heterocycles. The number of phenols is 1. The number of carbonyl (C=O) groups excluding carboxylic acids is 11. The van der Waals surface area contributed by atoms with Crippen molar-refractivity contribution in [2.45, 2.75) is 122 Å². The largest absolute Gasteiger partial charge is 0.508 e. The number of nitrogens with zero attached hydrogens (tertiary/aromatic N) is 1. The molecular formula is C49H71N11O12S. The summed E-state index contributed by atoms with van der Waals surface area (Å²) < 4.78 is 0. The number of nitrogens with two attached hydrogens (primary N) is 3. The molecule has 0 spiro atoms. The van der Waals surface area contributed by atoms with Crippen LogP contribution in [0.3, 0.4) is 0 Å². The second kappa shape index (κ2) is 30.6. The molecule has 11 amide bonds. The van der Waals surface area contributed by atoms with Crippen LogP contribution in [0.1, 0.15) is 83.8 Å². The summed E-state index contributed by atoms with van der Waals surface area (Å²) in [6.07, 6.45) is -0.801. The van der Waals surface area contributed by atoms with Gasteiger partial charge in [-0.2, -0.15) is 11.8 Å². The van der Waals surface area contributed by atoms with E-state index in [1.807, 2.05) is 13.8 Å². The van der Waals surface area contributed by atoms with Crippen LogP contribution < -0.4 is 54.4 Å². The van der Waals surface area contributed by atoms with Crippen LogP contribution in [-0.2, 0) is 65.6 Å². The molecule has 7 atom stereocenters. The van der Waals surface area contributed by atoms with Crippen molar-refractivity contribution >= 4 is 76.7 Å². The van der Waals surface area contributed by atoms with Gasteiger partial charge in [-0.05, 0) is 66.5 Å². The van der Waals surface area contributed by atoms with Gasteiger partial charge in [-0.3, -0.25) is 52.7 Å². The normalized spacial score (nSPS) is 20.3. The number of amides is 11. The van der Waals surface area contributed by atoms with E-state index in [1.54, 1.807) is 56.3 Å². The SMILES string of the molecule is CC[C@H](C)[C@@H]1NC(=O)[C@H](Cc2ccc(O)cc2)NC(=O)CCCSC[C@@H](C(=O)N(CCc2ccccc2)CC(=O)N[C@@H](CC(C)C)C(=O)NCC(N)=O)NC(=O)[C@H](CC(N)=O)NC(=O)[C@H](CCC(N)=O)NC1=O. The van der Waals surface area contributed by atoms with Crippen LogP contribution in [0.4, 0.5) is 0 Å². The first-order valence-electron chi connectivity index (χ1n) is 24.2. The second-order valence-corrected chi connectivity index (χ2v) is 19.5. The Morgan fingerprint density at radius 3 is 2.03 bits per heavy atom. The second-order valence-electron chi connectivity index (χ2n) is 18.3. The minimum Gasteiger partial charge on any atom is -0.508 e. The number of aromatic hydroxyl groups is 1. The number of thioether (sulfide) groups is 1. The predicted octanol–water partition coefficient (Wildman–Crippen LogP) is -1.72. The molecule has 400 valence electrons. The standard InChI is InChI=1S/C49H71N11O12S/c1-5-29(4)43-48(71)56-33(17-18-38(50)62)45(68)57-36(24-39(51)63)46(69)58-37(27-73-21-9-12-41(65)54-35(47(70)59-43)23-31-13-15-32(61)16-14-31)49(72)60(20-19-30-10-7-6-8-11-30)26-42(66)55-34(22-28(2)3)44(67)53-25-40(52)64/h6-8,10-11,13-16,28-29,33-37,43,61H,5,9,12,17-27H2,1-4H3,(H2,50,62)(H2,51,63)(H2,52,64)(H,53,67)(H,54,65)(H,55,66)(H,56,71)(H,57,68)(H,58,69)(H,59,70)/t29-,33-,34-,35-,36-,37-,43-/m0/s1. The lowest BCUT2D eigenvalue weighted by Crippen LogP contribution is -2.61. The Bertz CT molecular complexity index is 2250. The lowest BCUT2D eigenvalue weighted by atomic mass is 9.96. The molecule has 0 aromatic heterocycles. The number of benzene rings is 2. The van der Waals surface area contributed by atoms with E-state index >= 15 is 0 Å². The third-order valence-corrected chi connectivity index (χ3v) is 12.9. The summed E-state index contributed by atoms with van der Waals surface area (Å²) in [4.78, 5) is 149. The summed E-state index contributed by atoms with van der Waals surface area (Å²) in [5, 5.41) is 27.9. The first-order chi connectivity index (χ1) is 34.6. The lowest BCUT2D eigenvalue weighted by molar-refractivity contribution is -0.140. The molecule has 1 aliphatic rings. The number of rotatable bonds is 21. The maximum Gasteiger partial charge on any atom is 0.246 e. The first-order valence-corrected chi connectivity index (χ1v) is 25.3. The third-order valence-electron chi connectivity index (χ3n) is 11.7. The molecule has 0 bridgehead atoms. The molecule has 24 heteroatoms. The van der Waals surface area contributed by atoms with Gasteiger partial charge in [-0.25, -0.2) is 0 Å². The molecule has 2 aromatic rings. The van der Waals surface area contributed by atoms with Gasteiger partial charge in [0.15, 0.2) is 0 Å². The number of hydrogen-bond donors (Lipinski definition) is 11. The molecule has 73 heavy (non-hydrogen) atoms. The Labute approximate surface area is 428 Å². The average Bonchev–Trinajstić information content (AvgIpc) is 3.33. The van der Waals surface area contributed by atoms with Gasteiger partial charge in [0, 0.05) is 31.6 Å². The zero-order valence-corrected chi connectivity index (χ0v) is 42.6. The molecule has 0 radical (unpaired) electrons. The predicted molar refractivity (Wildman–Crippen MR) is 270 cm³/mol. The highest BCUT2D eigenvalue weighted by molar-refractivity contribution is 7.99. The summed E-state index contributed by atoms with van der Waals surface area (Å²) in [7, 11) is 0. The molecule has 0 unspecified atom stereocenters. The molecule has 1 saturated heterocycles. The highest BCUT2D eigenvalue weighted by Gasteiger charge is 2.36. The minimum absolute atomic E-state index is 0.0277. The fourth-order valence-corrected chi connectivity index (χ4v) is 8.57. The zero-order chi connectivity index (χ0) is 54.2. The number of nitrogens with one attached hydrogen (secondary N) is 7. The van der Waals surface area contributed by atoms with E-state index in [9.17, 15) is 57.8 Å². The van der Waals surface area contributed by atoms with Gasteiger partial charge in [0.1, 0.15) is 42.0 Å². The van der Waals surface area contributed by atoms with E-state index in [0.717, 1.165) is 17.3 Å². The van der Waals surface area contributed by atoms with Crippen molar-refractivity contribution in [1.82, 2.24) is 42.1 Å². The van der Waals surface area contributed by atoms with Crippen molar-refractivity contribution in [3.63, 3.8) is 0 Å². The molecule has 0 saturated carbocycles. The summed E-state index contributed by atoms with van der Waals surface area (Å²) in [5.74, 6) is -9.77.